The monoisotopic (exact) mass is 286 g/mol. The molecule has 6 heteroatoms. The number of hydrogen-bond acceptors (Lipinski definition) is 4. The molecule has 1 unspecified atom stereocenters. The molecule has 1 rings (SSSR count). The predicted octanol–water partition coefficient (Wildman–Crippen LogP) is 1.44. The van der Waals surface area contributed by atoms with Gasteiger partial charge in [0.2, 0.25) is 0 Å². The summed E-state index contributed by atoms with van der Waals surface area (Å²) in [5.41, 5.74) is 5.38. The van der Waals surface area contributed by atoms with E-state index in [1.165, 1.54) is 12.1 Å². The van der Waals surface area contributed by atoms with E-state index in [2.05, 4.69) is 5.32 Å². The van der Waals surface area contributed by atoms with E-state index >= 15 is 0 Å². The van der Waals surface area contributed by atoms with Gasteiger partial charge in [0.05, 0.1) is 5.60 Å². The first kappa shape index (κ1) is 15.8. The number of ether oxygens (including phenoxy) is 1. The van der Waals surface area contributed by atoms with Crippen molar-refractivity contribution in [2.45, 2.75) is 18.9 Å². The molecule has 0 radical (unpaired) electrons. The second kappa shape index (κ2) is 6.75. The Morgan fingerprint density at radius 3 is 2.79 bits per heavy atom. The number of nitrogens with one attached hydrogen (secondary N) is 1. The highest BCUT2D eigenvalue weighted by Gasteiger charge is 2.21. The number of halogens is 1. The van der Waals surface area contributed by atoms with E-state index in [4.69, 9.17) is 22.1 Å². The SMILES string of the molecule is COCCC(C)(O)CNC(=O)c1cc(N)cc(Cl)c1. The molecule has 0 aliphatic rings. The first-order valence-electron chi connectivity index (χ1n) is 5.90. The third-order valence-electron chi connectivity index (χ3n) is 2.66. The van der Waals surface area contributed by atoms with Gasteiger partial charge in [-0.1, -0.05) is 11.6 Å². The predicted molar refractivity (Wildman–Crippen MR) is 75.3 cm³/mol. The van der Waals surface area contributed by atoms with Crippen LogP contribution in [0.3, 0.4) is 0 Å². The molecule has 0 heterocycles. The Morgan fingerprint density at radius 2 is 2.21 bits per heavy atom. The molecule has 0 bridgehead atoms. The lowest BCUT2D eigenvalue weighted by Crippen LogP contribution is -2.41. The van der Waals surface area contributed by atoms with Gasteiger partial charge in [0.25, 0.3) is 5.91 Å². The molecule has 0 aromatic heterocycles. The summed E-state index contributed by atoms with van der Waals surface area (Å²) in [4.78, 5) is 11.9. The van der Waals surface area contributed by atoms with E-state index in [0.717, 1.165) is 0 Å². The minimum absolute atomic E-state index is 0.127. The molecule has 1 amide bonds. The van der Waals surface area contributed by atoms with Crippen LogP contribution < -0.4 is 11.1 Å². The molecule has 5 nitrogen and oxygen atoms in total. The smallest absolute Gasteiger partial charge is 0.251 e. The number of amides is 1. The lowest BCUT2D eigenvalue weighted by molar-refractivity contribution is 0.0243. The fourth-order valence-electron chi connectivity index (χ4n) is 1.53. The summed E-state index contributed by atoms with van der Waals surface area (Å²) < 4.78 is 4.89. The van der Waals surface area contributed by atoms with Crippen molar-refractivity contribution in [1.82, 2.24) is 5.32 Å². The zero-order chi connectivity index (χ0) is 14.5. The van der Waals surface area contributed by atoms with Crippen LogP contribution in [-0.4, -0.2) is 36.9 Å². The largest absolute Gasteiger partial charge is 0.399 e. The van der Waals surface area contributed by atoms with Gasteiger partial charge in [0.15, 0.2) is 0 Å². The summed E-state index contributed by atoms with van der Waals surface area (Å²) in [6, 6.07) is 4.62. The molecule has 1 aromatic carbocycles. The Morgan fingerprint density at radius 1 is 1.53 bits per heavy atom. The molecule has 0 spiro atoms. The summed E-state index contributed by atoms with van der Waals surface area (Å²) >= 11 is 5.83. The zero-order valence-corrected chi connectivity index (χ0v) is 11.8. The van der Waals surface area contributed by atoms with Crippen LogP contribution in [0.15, 0.2) is 18.2 Å². The Kier molecular flexibility index (Phi) is 5.60. The number of aliphatic hydroxyl groups is 1. The molecule has 0 saturated heterocycles. The van der Waals surface area contributed by atoms with Crippen molar-refractivity contribution in [2.75, 3.05) is 26.0 Å². The van der Waals surface area contributed by atoms with E-state index < -0.39 is 5.60 Å². The third kappa shape index (κ3) is 5.46. The first-order valence-corrected chi connectivity index (χ1v) is 6.27. The average Bonchev–Trinajstić information content (AvgIpc) is 2.32. The summed E-state index contributed by atoms with van der Waals surface area (Å²) in [6.07, 6.45) is 0.432. The summed E-state index contributed by atoms with van der Waals surface area (Å²) in [7, 11) is 1.56. The summed E-state index contributed by atoms with van der Waals surface area (Å²) in [5, 5.41) is 13.0. The maximum Gasteiger partial charge on any atom is 0.251 e. The van der Waals surface area contributed by atoms with Gasteiger partial charge in [0.1, 0.15) is 0 Å². The number of nitrogen functional groups attached to an aromatic ring is 1. The molecule has 0 aliphatic carbocycles. The van der Waals surface area contributed by atoms with E-state index in [0.29, 0.717) is 29.3 Å². The number of anilines is 1. The molecule has 19 heavy (non-hydrogen) atoms. The number of nitrogens with two attached hydrogens (primary N) is 1. The Balaban J connectivity index is 2.60. The standard InChI is InChI=1S/C13H19ClN2O3/c1-13(18,3-4-19-2)8-16-12(17)9-5-10(14)7-11(15)6-9/h5-7,18H,3-4,8,15H2,1-2H3,(H,16,17). The van der Waals surface area contributed by atoms with Gasteiger partial charge < -0.3 is 20.9 Å². The van der Waals surface area contributed by atoms with Crippen molar-refractivity contribution in [2.24, 2.45) is 0 Å². The Hall–Kier alpha value is -1.30. The number of hydrogen-bond donors (Lipinski definition) is 3. The molecule has 4 N–H and O–H groups in total. The summed E-state index contributed by atoms with van der Waals surface area (Å²) in [6.45, 7) is 2.19. The quantitative estimate of drug-likeness (QED) is 0.691. The lowest BCUT2D eigenvalue weighted by atomic mass is 10.0. The minimum Gasteiger partial charge on any atom is -0.399 e. The number of benzene rings is 1. The van der Waals surface area contributed by atoms with Crippen LogP contribution in [0.25, 0.3) is 0 Å². The van der Waals surface area contributed by atoms with E-state index in [9.17, 15) is 9.90 Å². The van der Waals surface area contributed by atoms with Crippen LogP contribution in [0, 0.1) is 0 Å². The highest BCUT2D eigenvalue weighted by atomic mass is 35.5. The number of carbonyl (C=O) groups excluding carboxylic acids is 1. The van der Waals surface area contributed by atoms with Crippen LogP contribution in [0.4, 0.5) is 5.69 Å². The van der Waals surface area contributed by atoms with Crippen molar-refractivity contribution < 1.29 is 14.6 Å². The van der Waals surface area contributed by atoms with Crippen molar-refractivity contribution in [1.29, 1.82) is 0 Å². The van der Waals surface area contributed by atoms with Crippen molar-refractivity contribution >= 4 is 23.2 Å². The van der Waals surface area contributed by atoms with Gasteiger partial charge in [-0.15, -0.1) is 0 Å². The van der Waals surface area contributed by atoms with Crippen LogP contribution >= 0.6 is 11.6 Å². The Bertz CT molecular complexity index is 429. The summed E-state index contributed by atoms with van der Waals surface area (Å²) in [5.74, 6) is -0.327. The molecule has 0 fully saturated rings. The van der Waals surface area contributed by atoms with E-state index in [-0.39, 0.29) is 12.5 Å². The molecule has 0 aliphatic heterocycles. The fourth-order valence-corrected chi connectivity index (χ4v) is 1.77. The third-order valence-corrected chi connectivity index (χ3v) is 2.88. The lowest BCUT2D eigenvalue weighted by Gasteiger charge is -2.23. The van der Waals surface area contributed by atoms with Gasteiger partial charge in [-0.2, -0.15) is 0 Å². The van der Waals surface area contributed by atoms with Crippen LogP contribution in [0.2, 0.25) is 5.02 Å². The topological polar surface area (TPSA) is 84.6 Å². The van der Waals surface area contributed by atoms with Gasteiger partial charge in [-0.3, -0.25) is 4.79 Å². The van der Waals surface area contributed by atoms with E-state index in [1.807, 2.05) is 0 Å². The zero-order valence-electron chi connectivity index (χ0n) is 11.1. The van der Waals surface area contributed by atoms with Crippen LogP contribution in [0.5, 0.6) is 0 Å². The second-order valence-electron chi connectivity index (χ2n) is 4.70. The van der Waals surface area contributed by atoms with Gasteiger partial charge >= 0.3 is 0 Å². The van der Waals surface area contributed by atoms with Crippen molar-refractivity contribution in [3.63, 3.8) is 0 Å². The maximum absolute atomic E-state index is 11.9. The molecular weight excluding hydrogens is 268 g/mol. The fraction of sp³-hybridized carbons (Fsp3) is 0.462. The molecular formula is C13H19ClN2O3. The van der Waals surface area contributed by atoms with Gasteiger partial charge in [-0.05, 0) is 25.1 Å². The molecule has 0 saturated carbocycles. The number of carbonyl (C=O) groups is 1. The van der Waals surface area contributed by atoms with Gasteiger partial charge in [0, 0.05) is 43.0 Å². The number of rotatable bonds is 6. The second-order valence-corrected chi connectivity index (χ2v) is 5.13. The van der Waals surface area contributed by atoms with Crippen LogP contribution in [0.1, 0.15) is 23.7 Å². The van der Waals surface area contributed by atoms with E-state index in [1.54, 1.807) is 20.1 Å². The van der Waals surface area contributed by atoms with Crippen LogP contribution in [-0.2, 0) is 4.74 Å². The highest BCUT2D eigenvalue weighted by Crippen LogP contribution is 2.16. The normalized spacial score (nSPS) is 13.9. The first-order chi connectivity index (χ1) is 8.84. The molecule has 1 aromatic rings. The number of methoxy groups -OCH3 is 1. The van der Waals surface area contributed by atoms with Crippen molar-refractivity contribution in [3.8, 4) is 0 Å². The molecule has 106 valence electrons. The van der Waals surface area contributed by atoms with Crippen molar-refractivity contribution in [3.05, 3.63) is 28.8 Å². The highest BCUT2D eigenvalue weighted by molar-refractivity contribution is 6.31. The molecule has 1 atom stereocenters. The maximum atomic E-state index is 11.9. The average molecular weight is 287 g/mol. The minimum atomic E-state index is -1.02. The Labute approximate surface area is 117 Å². The van der Waals surface area contributed by atoms with Gasteiger partial charge in [-0.25, -0.2) is 0 Å².